The molecule has 0 saturated heterocycles. The van der Waals surface area contributed by atoms with Crippen LogP contribution < -0.4 is 15.0 Å². The Morgan fingerprint density at radius 1 is 1.22 bits per heavy atom. The first-order valence-corrected chi connectivity index (χ1v) is 14.4. The van der Waals surface area contributed by atoms with Crippen LogP contribution in [-0.2, 0) is 4.74 Å². The molecule has 228 valence electrons. The smallest absolute Gasteiger partial charge is 0.321 e. The quantitative estimate of drug-likeness (QED) is 0.524. The summed E-state index contributed by atoms with van der Waals surface area (Å²) in [7, 11) is 5.57. The van der Waals surface area contributed by atoms with E-state index in [2.05, 4.69) is 10.5 Å². The van der Waals surface area contributed by atoms with Crippen molar-refractivity contribution in [3.05, 3.63) is 35.2 Å². The van der Waals surface area contributed by atoms with Crippen LogP contribution in [0, 0.1) is 19.8 Å². The zero-order valence-electron chi connectivity index (χ0n) is 25.8. The summed E-state index contributed by atoms with van der Waals surface area (Å²) in [4.78, 5) is 32.4. The lowest BCUT2D eigenvalue weighted by molar-refractivity contribution is -0.0115. The van der Waals surface area contributed by atoms with E-state index in [1.807, 2.05) is 58.0 Å². The number of aryl methyl sites for hydroxylation is 2. The average molecular weight is 574 g/mol. The minimum absolute atomic E-state index is 0.0905. The molecule has 1 aliphatic rings. The predicted octanol–water partition coefficient (Wildman–Crippen LogP) is 4.32. The van der Waals surface area contributed by atoms with Gasteiger partial charge in [0.15, 0.2) is 5.76 Å². The predicted molar refractivity (Wildman–Crippen MR) is 159 cm³/mol. The monoisotopic (exact) mass is 573 g/mol. The van der Waals surface area contributed by atoms with Gasteiger partial charge in [-0.15, -0.1) is 0 Å². The first-order chi connectivity index (χ1) is 19.4. The molecule has 0 spiro atoms. The number of nitrogens with zero attached hydrogens (tertiary/aromatic N) is 4. The van der Waals surface area contributed by atoms with Gasteiger partial charge >= 0.3 is 6.03 Å². The fraction of sp³-hybridized carbons (Fsp3) is 0.633. The summed E-state index contributed by atoms with van der Waals surface area (Å²) in [6, 6.07) is 4.90. The molecule has 11 nitrogen and oxygen atoms in total. The standard InChI is InChI=1S/C30H47N5O6/c1-19-16-35(20(2)18-36)29(37)25-15-24(33(6)7)12-13-26(25)40-21(3)11-9-10-14-39-27(19)17-34(8)30(38)31-28-22(4)32-41-23(28)5/h12-13,15,19-21,27,36H,9-11,14,16-18H2,1-8H3,(H,31,38)/t19-,20-,21+,27+/m0/s1. The number of amides is 3. The van der Waals surface area contributed by atoms with Crippen molar-refractivity contribution >= 4 is 23.3 Å². The summed E-state index contributed by atoms with van der Waals surface area (Å²) in [6.07, 6.45) is 2.11. The van der Waals surface area contributed by atoms with Crippen LogP contribution in [0.3, 0.4) is 0 Å². The van der Waals surface area contributed by atoms with E-state index >= 15 is 0 Å². The van der Waals surface area contributed by atoms with Gasteiger partial charge in [0.2, 0.25) is 0 Å². The van der Waals surface area contributed by atoms with Gasteiger partial charge in [-0.05, 0) is 65.2 Å². The largest absolute Gasteiger partial charge is 0.490 e. The highest BCUT2D eigenvalue weighted by molar-refractivity contribution is 5.98. The van der Waals surface area contributed by atoms with Crippen molar-refractivity contribution in [2.45, 2.75) is 72.1 Å². The number of nitrogens with one attached hydrogen (secondary N) is 1. The van der Waals surface area contributed by atoms with Crippen LogP contribution in [0.4, 0.5) is 16.2 Å². The molecule has 2 N–H and O–H groups in total. The van der Waals surface area contributed by atoms with Crippen LogP contribution in [0.25, 0.3) is 0 Å². The highest BCUT2D eigenvalue weighted by atomic mass is 16.5. The molecule has 1 aromatic carbocycles. The van der Waals surface area contributed by atoms with Crippen LogP contribution >= 0.6 is 0 Å². The fourth-order valence-corrected chi connectivity index (χ4v) is 4.87. The van der Waals surface area contributed by atoms with Crippen molar-refractivity contribution < 1.29 is 28.7 Å². The maximum atomic E-state index is 14.1. The van der Waals surface area contributed by atoms with E-state index in [0.29, 0.717) is 48.2 Å². The molecule has 0 unspecified atom stereocenters. The summed E-state index contributed by atoms with van der Waals surface area (Å²) in [6.45, 7) is 10.3. The summed E-state index contributed by atoms with van der Waals surface area (Å²) >= 11 is 0. The fourth-order valence-electron chi connectivity index (χ4n) is 4.87. The zero-order valence-corrected chi connectivity index (χ0v) is 25.8. The number of carbonyl (C=O) groups excluding carboxylic acids is 2. The number of aliphatic hydroxyl groups is 1. The van der Waals surface area contributed by atoms with Crippen LogP contribution in [0.2, 0.25) is 0 Å². The Morgan fingerprint density at radius 3 is 2.59 bits per heavy atom. The number of aliphatic hydroxyl groups excluding tert-OH is 1. The van der Waals surface area contributed by atoms with Crippen LogP contribution in [0.5, 0.6) is 5.75 Å². The molecule has 41 heavy (non-hydrogen) atoms. The molecule has 3 rings (SSSR count). The molecule has 4 atom stereocenters. The highest BCUT2D eigenvalue weighted by Gasteiger charge is 2.31. The lowest BCUT2D eigenvalue weighted by Crippen LogP contribution is -2.48. The van der Waals surface area contributed by atoms with Crippen molar-refractivity contribution in [1.82, 2.24) is 15.0 Å². The normalized spacial score (nSPS) is 21.3. The lowest BCUT2D eigenvalue weighted by Gasteiger charge is -2.36. The van der Waals surface area contributed by atoms with Gasteiger partial charge in [0.1, 0.15) is 17.1 Å². The van der Waals surface area contributed by atoms with Gasteiger partial charge in [-0.1, -0.05) is 12.1 Å². The Balaban J connectivity index is 1.89. The number of urea groups is 1. The summed E-state index contributed by atoms with van der Waals surface area (Å²) in [5.41, 5.74) is 2.50. The Labute approximate surface area is 243 Å². The SMILES string of the molecule is Cc1noc(C)c1NC(=O)N(C)C[C@H]1OCCCC[C@@H](C)Oc2ccc(N(C)C)cc2C(=O)N([C@@H](C)CO)C[C@@H]1C. The van der Waals surface area contributed by atoms with Crippen molar-refractivity contribution in [2.75, 3.05) is 57.7 Å². The molecule has 3 amide bonds. The van der Waals surface area contributed by atoms with Crippen LogP contribution in [0.15, 0.2) is 22.7 Å². The van der Waals surface area contributed by atoms with E-state index in [-0.39, 0.29) is 36.7 Å². The van der Waals surface area contributed by atoms with E-state index in [9.17, 15) is 14.7 Å². The van der Waals surface area contributed by atoms with Gasteiger partial charge in [0, 0.05) is 52.4 Å². The van der Waals surface area contributed by atoms with Crippen molar-refractivity contribution in [3.63, 3.8) is 0 Å². The van der Waals surface area contributed by atoms with Crippen LogP contribution in [-0.4, -0.2) is 97.7 Å². The maximum Gasteiger partial charge on any atom is 0.321 e. The molecule has 2 heterocycles. The van der Waals surface area contributed by atoms with Gasteiger partial charge in [0.25, 0.3) is 5.91 Å². The van der Waals surface area contributed by atoms with Crippen molar-refractivity contribution in [1.29, 1.82) is 0 Å². The molecule has 2 aromatic rings. The Kier molecular flexibility index (Phi) is 11.4. The van der Waals surface area contributed by atoms with Crippen molar-refractivity contribution in [2.24, 2.45) is 5.92 Å². The third-order valence-electron chi connectivity index (χ3n) is 7.62. The Morgan fingerprint density at radius 2 is 1.95 bits per heavy atom. The van der Waals surface area contributed by atoms with Gasteiger partial charge < -0.3 is 39.1 Å². The maximum absolute atomic E-state index is 14.1. The molecule has 0 radical (unpaired) electrons. The van der Waals surface area contributed by atoms with Crippen molar-refractivity contribution in [3.8, 4) is 5.75 Å². The third kappa shape index (κ3) is 8.36. The van der Waals surface area contributed by atoms with E-state index in [1.165, 1.54) is 0 Å². The number of carbonyl (C=O) groups is 2. The molecule has 0 aliphatic carbocycles. The van der Waals surface area contributed by atoms with Gasteiger partial charge in [-0.2, -0.15) is 0 Å². The highest BCUT2D eigenvalue weighted by Crippen LogP contribution is 2.29. The lowest BCUT2D eigenvalue weighted by atomic mass is 10.0. The second-order valence-electron chi connectivity index (χ2n) is 11.4. The second kappa shape index (κ2) is 14.5. The number of likely N-dealkylation sites (N-methyl/N-ethyl adjacent to an activating group) is 1. The topological polar surface area (TPSA) is 121 Å². The van der Waals surface area contributed by atoms with E-state index in [4.69, 9.17) is 14.0 Å². The minimum Gasteiger partial charge on any atom is -0.490 e. The number of ether oxygens (including phenoxy) is 2. The number of hydrogen-bond acceptors (Lipinski definition) is 8. The van der Waals surface area contributed by atoms with Gasteiger partial charge in [-0.25, -0.2) is 4.79 Å². The molecular weight excluding hydrogens is 526 g/mol. The number of aromatic nitrogens is 1. The summed E-state index contributed by atoms with van der Waals surface area (Å²) < 4.78 is 17.8. The molecule has 1 aromatic heterocycles. The number of benzene rings is 1. The van der Waals surface area contributed by atoms with E-state index in [1.54, 1.807) is 30.7 Å². The average Bonchev–Trinajstić information content (AvgIpc) is 3.25. The number of fused-ring (bicyclic) bond motifs is 1. The molecule has 1 aliphatic heterocycles. The molecule has 0 bridgehead atoms. The van der Waals surface area contributed by atoms with Gasteiger partial charge in [0.05, 0.1) is 30.4 Å². The second-order valence-corrected chi connectivity index (χ2v) is 11.4. The van der Waals surface area contributed by atoms with E-state index in [0.717, 1.165) is 24.9 Å². The van der Waals surface area contributed by atoms with Crippen LogP contribution in [0.1, 0.15) is 61.8 Å². The molecule has 0 fully saturated rings. The zero-order chi connectivity index (χ0) is 30.3. The van der Waals surface area contributed by atoms with Gasteiger partial charge in [-0.3, -0.25) is 4.79 Å². The molecule has 0 saturated carbocycles. The Bertz CT molecular complexity index is 1150. The first kappa shape index (κ1) is 32.2. The molecular formula is C30H47N5O6. The number of anilines is 2. The minimum atomic E-state index is -0.438. The number of rotatable bonds is 6. The van der Waals surface area contributed by atoms with E-state index < -0.39 is 6.04 Å². The third-order valence-corrected chi connectivity index (χ3v) is 7.62. The molecule has 11 heteroatoms. The summed E-state index contributed by atoms with van der Waals surface area (Å²) in [5.74, 6) is 0.710. The number of hydrogen-bond donors (Lipinski definition) is 2. The Hall–Kier alpha value is -3.31. The first-order valence-electron chi connectivity index (χ1n) is 14.4. The summed E-state index contributed by atoms with van der Waals surface area (Å²) in [5, 5.41) is 16.9.